The molecule has 2 heterocycles. The molecular weight excluding hydrogens is 284 g/mol. The summed E-state index contributed by atoms with van der Waals surface area (Å²) in [6, 6.07) is 8.60. The second-order valence-corrected chi connectivity index (χ2v) is 5.52. The number of fused-ring (bicyclic) bond motifs is 1. The van der Waals surface area contributed by atoms with Crippen molar-refractivity contribution in [3.8, 4) is 0 Å². The van der Waals surface area contributed by atoms with Gasteiger partial charge in [-0.1, -0.05) is 30.7 Å². The summed E-state index contributed by atoms with van der Waals surface area (Å²) in [5.41, 5.74) is 2.55. The summed E-state index contributed by atoms with van der Waals surface area (Å²) in [5.74, 6) is 0.953. The second-order valence-electron chi connectivity index (χ2n) is 5.13. The lowest BCUT2D eigenvalue weighted by Gasteiger charge is -2.08. The Balaban J connectivity index is 1.95. The van der Waals surface area contributed by atoms with Crippen molar-refractivity contribution in [1.82, 2.24) is 19.4 Å². The molecule has 0 unspecified atom stereocenters. The van der Waals surface area contributed by atoms with Crippen LogP contribution < -0.4 is 5.32 Å². The highest BCUT2D eigenvalue weighted by molar-refractivity contribution is 6.29. The Kier molecular flexibility index (Phi) is 3.99. The van der Waals surface area contributed by atoms with Gasteiger partial charge in [-0.2, -0.15) is 0 Å². The zero-order chi connectivity index (χ0) is 14.8. The molecule has 4 nitrogen and oxygen atoms in total. The number of hydrogen-bond donors (Lipinski definition) is 1. The number of hydrogen-bond acceptors (Lipinski definition) is 2. The van der Waals surface area contributed by atoms with Gasteiger partial charge < -0.3 is 14.5 Å². The molecule has 21 heavy (non-hydrogen) atoms. The molecule has 1 aromatic carbocycles. The van der Waals surface area contributed by atoms with Gasteiger partial charge in [0.05, 0.1) is 12.7 Å². The summed E-state index contributed by atoms with van der Waals surface area (Å²) >= 11 is 6.05. The molecule has 0 saturated heterocycles. The normalized spacial score (nSPS) is 11.4. The Morgan fingerprint density at radius 1 is 1.29 bits per heavy atom. The minimum Gasteiger partial charge on any atom is -0.340 e. The summed E-state index contributed by atoms with van der Waals surface area (Å²) in [5, 5.41) is 5.34. The fraction of sp³-hybridized carbons (Fsp3) is 0.312. The van der Waals surface area contributed by atoms with Gasteiger partial charge in [0.25, 0.3) is 0 Å². The number of imidazole rings is 1. The van der Waals surface area contributed by atoms with Crippen LogP contribution in [0.2, 0.25) is 5.15 Å². The molecule has 0 saturated carbocycles. The molecule has 0 bridgehead atoms. The van der Waals surface area contributed by atoms with Crippen LogP contribution in [-0.2, 0) is 20.1 Å². The summed E-state index contributed by atoms with van der Waals surface area (Å²) in [4.78, 5) is 4.37. The van der Waals surface area contributed by atoms with Crippen LogP contribution in [0.3, 0.4) is 0 Å². The molecule has 0 atom stereocenters. The van der Waals surface area contributed by atoms with Crippen LogP contribution in [0.1, 0.15) is 18.3 Å². The van der Waals surface area contributed by atoms with E-state index in [0.29, 0.717) is 5.15 Å². The number of nitrogens with one attached hydrogen (secondary N) is 1. The molecular formula is C16H19ClN4. The van der Waals surface area contributed by atoms with Crippen LogP contribution in [-0.4, -0.2) is 20.7 Å². The molecule has 3 rings (SSSR count). The number of aromatic nitrogens is 3. The first kappa shape index (κ1) is 14.2. The minimum atomic E-state index is 0.661. The molecule has 2 aromatic heterocycles. The maximum Gasteiger partial charge on any atom is 0.129 e. The maximum absolute atomic E-state index is 6.05. The molecule has 0 amide bonds. The quantitative estimate of drug-likeness (QED) is 0.785. The van der Waals surface area contributed by atoms with E-state index in [2.05, 4.69) is 52.3 Å². The fourth-order valence-electron chi connectivity index (χ4n) is 2.56. The lowest BCUT2D eigenvalue weighted by molar-refractivity contribution is 0.717. The Morgan fingerprint density at radius 2 is 2.14 bits per heavy atom. The number of halogens is 1. The zero-order valence-corrected chi connectivity index (χ0v) is 13.1. The van der Waals surface area contributed by atoms with E-state index in [-0.39, 0.29) is 0 Å². The van der Waals surface area contributed by atoms with Crippen LogP contribution in [0.25, 0.3) is 10.9 Å². The first-order valence-electron chi connectivity index (χ1n) is 7.14. The zero-order valence-electron chi connectivity index (χ0n) is 12.3. The molecule has 0 fully saturated rings. The molecule has 110 valence electrons. The summed E-state index contributed by atoms with van der Waals surface area (Å²) in [6.45, 7) is 4.71. The third kappa shape index (κ3) is 2.69. The van der Waals surface area contributed by atoms with Gasteiger partial charge in [-0.15, -0.1) is 0 Å². The Hall–Kier alpha value is -1.78. The molecule has 0 radical (unpaired) electrons. The van der Waals surface area contributed by atoms with Crippen molar-refractivity contribution in [2.24, 2.45) is 7.05 Å². The van der Waals surface area contributed by atoms with Crippen LogP contribution in [0.4, 0.5) is 0 Å². The van der Waals surface area contributed by atoms with E-state index in [0.717, 1.165) is 25.5 Å². The summed E-state index contributed by atoms with van der Waals surface area (Å²) in [7, 11) is 1.94. The SMILES string of the molecule is CCNCc1cccc2c1ccn2Cc1ncc(Cl)n1C. The van der Waals surface area contributed by atoms with E-state index in [1.807, 2.05) is 11.6 Å². The smallest absolute Gasteiger partial charge is 0.129 e. The average Bonchev–Trinajstić information content (AvgIpc) is 3.04. The van der Waals surface area contributed by atoms with Crippen molar-refractivity contribution in [2.45, 2.75) is 20.0 Å². The van der Waals surface area contributed by atoms with Gasteiger partial charge in [-0.3, -0.25) is 0 Å². The monoisotopic (exact) mass is 302 g/mol. The van der Waals surface area contributed by atoms with Gasteiger partial charge in [-0.25, -0.2) is 4.98 Å². The van der Waals surface area contributed by atoms with Crippen LogP contribution in [0.5, 0.6) is 0 Å². The third-order valence-corrected chi connectivity index (χ3v) is 4.16. The maximum atomic E-state index is 6.05. The van der Waals surface area contributed by atoms with Gasteiger partial charge in [0.1, 0.15) is 11.0 Å². The molecule has 0 spiro atoms. The summed E-state index contributed by atoms with van der Waals surface area (Å²) < 4.78 is 4.12. The predicted octanol–water partition coefficient (Wildman–Crippen LogP) is 3.19. The largest absolute Gasteiger partial charge is 0.340 e. The Labute approximate surface area is 129 Å². The predicted molar refractivity (Wildman–Crippen MR) is 86.6 cm³/mol. The van der Waals surface area contributed by atoms with Crippen molar-refractivity contribution in [3.63, 3.8) is 0 Å². The molecule has 5 heteroatoms. The van der Waals surface area contributed by atoms with Gasteiger partial charge >= 0.3 is 0 Å². The van der Waals surface area contributed by atoms with Crippen molar-refractivity contribution in [1.29, 1.82) is 0 Å². The van der Waals surface area contributed by atoms with Crippen LogP contribution >= 0.6 is 11.6 Å². The molecule has 3 aromatic rings. The minimum absolute atomic E-state index is 0.661. The highest BCUT2D eigenvalue weighted by Gasteiger charge is 2.09. The van der Waals surface area contributed by atoms with E-state index in [1.165, 1.54) is 16.5 Å². The fourth-order valence-corrected chi connectivity index (χ4v) is 2.71. The van der Waals surface area contributed by atoms with Crippen molar-refractivity contribution in [3.05, 3.63) is 53.2 Å². The third-order valence-electron chi connectivity index (χ3n) is 3.81. The Bertz CT molecular complexity index is 757. The Morgan fingerprint density at radius 3 is 2.86 bits per heavy atom. The molecule has 1 N–H and O–H groups in total. The van der Waals surface area contributed by atoms with Gasteiger partial charge in [0.2, 0.25) is 0 Å². The van der Waals surface area contributed by atoms with Gasteiger partial charge in [0.15, 0.2) is 0 Å². The van der Waals surface area contributed by atoms with Crippen molar-refractivity contribution < 1.29 is 0 Å². The molecule has 0 aliphatic heterocycles. The van der Waals surface area contributed by atoms with E-state index in [1.54, 1.807) is 6.20 Å². The summed E-state index contributed by atoms with van der Waals surface area (Å²) in [6.07, 6.45) is 3.81. The van der Waals surface area contributed by atoms with Crippen molar-refractivity contribution in [2.75, 3.05) is 6.54 Å². The van der Waals surface area contributed by atoms with Crippen molar-refractivity contribution >= 4 is 22.5 Å². The van der Waals surface area contributed by atoms with Crippen LogP contribution in [0, 0.1) is 0 Å². The van der Waals surface area contributed by atoms with E-state index in [9.17, 15) is 0 Å². The van der Waals surface area contributed by atoms with Gasteiger partial charge in [0, 0.05) is 30.7 Å². The number of rotatable bonds is 5. The first-order chi connectivity index (χ1) is 10.2. The lowest BCUT2D eigenvalue weighted by Crippen LogP contribution is -2.11. The molecule has 0 aliphatic rings. The number of benzene rings is 1. The molecule has 0 aliphatic carbocycles. The lowest BCUT2D eigenvalue weighted by atomic mass is 10.1. The highest BCUT2D eigenvalue weighted by atomic mass is 35.5. The van der Waals surface area contributed by atoms with Crippen LogP contribution in [0.15, 0.2) is 36.7 Å². The standard InChI is InChI=1S/C16H19ClN4/c1-3-18-9-12-5-4-6-14-13(12)7-8-21(14)11-16-19-10-15(17)20(16)2/h4-8,10,18H,3,9,11H2,1-2H3. The average molecular weight is 303 g/mol. The van der Waals surface area contributed by atoms with E-state index in [4.69, 9.17) is 11.6 Å². The highest BCUT2D eigenvalue weighted by Crippen LogP contribution is 2.21. The first-order valence-corrected chi connectivity index (χ1v) is 7.52. The second kappa shape index (κ2) is 5.92. The van der Waals surface area contributed by atoms with Gasteiger partial charge in [-0.05, 0) is 24.2 Å². The van der Waals surface area contributed by atoms with E-state index >= 15 is 0 Å². The number of nitrogens with zero attached hydrogens (tertiary/aromatic N) is 3. The topological polar surface area (TPSA) is 34.8 Å². The van der Waals surface area contributed by atoms with E-state index < -0.39 is 0 Å².